The molecule has 0 aliphatic carbocycles. The summed E-state index contributed by atoms with van der Waals surface area (Å²) in [5.41, 5.74) is 3.73. The first-order valence-corrected chi connectivity index (χ1v) is 7.61. The number of aromatic amines is 1. The molecule has 134 valence electrons. The fraction of sp³-hybridized carbons (Fsp3) is 0.600. The van der Waals surface area contributed by atoms with Crippen LogP contribution < -0.4 is 17.0 Å². The predicted octanol–water partition coefficient (Wildman–Crippen LogP) is -2.23. The van der Waals surface area contributed by atoms with Gasteiger partial charge in [-0.2, -0.15) is 0 Å². The van der Waals surface area contributed by atoms with Crippen molar-refractivity contribution < 1.29 is 20.1 Å². The molecule has 2 rings (SSSR count). The molecule has 1 aliphatic heterocycles. The van der Waals surface area contributed by atoms with Crippen LogP contribution in [0.2, 0.25) is 0 Å². The molecule has 4 atom stereocenters. The Bertz CT molecular complexity index is 727. The normalized spacial score (nSPS) is 29.8. The molecule has 0 spiro atoms. The number of aryl methyl sites for hydroxylation is 1. The third-order valence-corrected chi connectivity index (χ3v) is 4.24. The molecule has 0 amide bonds. The largest absolute Gasteiger partial charge is 0.394 e. The number of aliphatic hydroxyl groups is 3. The summed E-state index contributed by atoms with van der Waals surface area (Å²) in [7, 11) is 0. The zero-order valence-electron chi connectivity index (χ0n) is 13.4. The molecule has 1 aromatic heterocycles. The summed E-state index contributed by atoms with van der Waals surface area (Å²) < 4.78 is 6.49. The monoisotopic (exact) mass is 341 g/mol. The molecule has 1 saturated heterocycles. The van der Waals surface area contributed by atoms with E-state index in [0.717, 1.165) is 10.1 Å². The first kappa shape index (κ1) is 18.6. The van der Waals surface area contributed by atoms with Crippen LogP contribution in [0.25, 0.3) is 0 Å². The van der Waals surface area contributed by atoms with E-state index in [4.69, 9.17) is 10.5 Å². The van der Waals surface area contributed by atoms with Crippen LogP contribution in [-0.2, 0) is 16.9 Å². The smallest absolute Gasteiger partial charge is 0.330 e. The number of rotatable bonds is 6. The summed E-state index contributed by atoms with van der Waals surface area (Å²) in [6.45, 7) is 4.69. The number of allylic oxidation sites excluding steroid dienone is 1. The van der Waals surface area contributed by atoms with Gasteiger partial charge in [0.2, 0.25) is 0 Å². The Balaban J connectivity index is 2.53. The van der Waals surface area contributed by atoms with E-state index in [0.29, 0.717) is 18.4 Å². The maximum atomic E-state index is 12.2. The van der Waals surface area contributed by atoms with Gasteiger partial charge in [0.25, 0.3) is 5.56 Å². The molecule has 0 saturated carbocycles. The topological polar surface area (TPSA) is 151 Å². The van der Waals surface area contributed by atoms with Gasteiger partial charge < -0.3 is 25.8 Å². The van der Waals surface area contributed by atoms with Crippen molar-refractivity contribution in [3.8, 4) is 0 Å². The van der Waals surface area contributed by atoms with E-state index in [1.54, 1.807) is 0 Å². The van der Waals surface area contributed by atoms with Crippen molar-refractivity contribution in [3.05, 3.63) is 44.8 Å². The van der Waals surface area contributed by atoms with E-state index >= 15 is 0 Å². The van der Waals surface area contributed by atoms with Crippen LogP contribution in [0.5, 0.6) is 0 Å². The minimum Gasteiger partial charge on any atom is -0.394 e. The van der Waals surface area contributed by atoms with E-state index in [1.807, 2.05) is 6.92 Å². The summed E-state index contributed by atoms with van der Waals surface area (Å²) >= 11 is 0. The van der Waals surface area contributed by atoms with Crippen molar-refractivity contribution in [3.63, 3.8) is 0 Å². The highest BCUT2D eigenvalue weighted by molar-refractivity contribution is 5.11. The van der Waals surface area contributed by atoms with Crippen molar-refractivity contribution in [2.75, 3.05) is 13.2 Å². The van der Waals surface area contributed by atoms with E-state index in [2.05, 4.69) is 11.6 Å². The molecule has 6 N–H and O–H groups in total. The van der Waals surface area contributed by atoms with Gasteiger partial charge >= 0.3 is 5.69 Å². The second-order valence-electron chi connectivity index (χ2n) is 6.06. The first-order valence-electron chi connectivity index (χ1n) is 7.61. The molecular weight excluding hydrogens is 318 g/mol. The minimum atomic E-state index is -1.77. The fourth-order valence-corrected chi connectivity index (χ4v) is 2.80. The van der Waals surface area contributed by atoms with E-state index in [-0.39, 0.29) is 6.54 Å². The molecule has 9 heteroatoms. The van der Waals surface area contributed by atoms with Crippen LogP contribution >= 0.6 is 0 Å². The number of ether oxygens (including phenoxy) is 1. The Kier molecular flexibility index (Phi) is 5.41. The van der Waals surface area contributed by atoms with Gasteiger partial charge in [-0.3, -0.25) is 14.3 Å². The van der Waals surface area contributed by atoms with Gasteiger partial charge in [-0.1, -0.05) is 5.57 Å². The van der Waals surface area contributed by atoms with Crippen LogP contribution in [0, 0.1) is 0 Å². The Morgan fingerprint density at radius 3 is 2.67 bits per heavy atom. The Morgan fingerprint density at radius 1 is 1.50 bits per heavy atom. The molecule has 0 bridgehead atoms. The third-order valence-electron chi connectivity index (χ3n) is 4.24. The Hall–Kier alpha value is -1.78. The summed E-state index contributed by atoms with van der Waals surface area (Å²) in [4.78, 5) is 26.4. The molecule has 0 aromatic carbocycles. The lowest BCUT2D eigenvalue weighted by molar-refractivity contribution is -0.143. The summed E-state index contributed by atoms with van der Waals surface area (Å²) in [6.07, 6.45) is -1.91. The van der Waals surface area contributed by atoms with Gasteiger partial charge in [-0.05, 0) is 19.8 Å². The first-order chi connectivity index (χ1) is 11.3. The number of aromatic nitrogens is 2. The third kappa shape index (κ3) is 3.08. The van der Waals surface area contributed by atoms with Gasteiger partial charge in [-0.25, -0.2) is 4.79 Å². The van der Waals surface area contributed by atoms with Crippen LogP contribution in [0.15, 0.2) is 27.9 Å². The average molecular weight is 341 g/mol. The highest BCUT2D eigenvalue weighted by Crippen LogP contribution is 2.33. The lowest BCUT2D eigenvalue weighted by Crippen LogP contribution is -2.56. The number of hydrogen-bond acceptors (Lipinski definition) is 7. The quantitative estimate of drug-likeness (QED) is 0.367. The molecule has 1 aromatic rings. The van der Waals surface area contributed by atoms with Gasteiger partial charge in [0.05, 0.1) is 6.61 Å². The number of nitrogens with two attached hydrogens (primary N) is 1. The summed E-state index contributed by atoms with van der Waals surface area (Å²) in [6, 6.07) is 0. The van der Waals surface area contributed by atoms with Gasteiger partial charge in [0.15, 0.2) is 5.72 Å². The van der Waals surface area contributed by atoms with E-state index < -0.39 is 41.9 Å². The molecule has 0 radical (unpaired) electrons. The molecule has 0 unspecified atom stereocenters. The van der Waals surface area contributed by atoms with Crippen molar-refractivity contribution >= 4 is 0 Å². The highest BCUT2D eigenvalue weighted by atomic mass is 16.6. The molecular formula is C15H23N3O6. The van der Waals surface area contributed by atoms with E-state index in [1.165, 1.54) is 6.20 Å². The maximum absolute atomic E-state index is 12.2. The Morgan fingerprint density at radius 2 is 2.17 bits per heavy atom. The summed E-state index contributed by atoms with van der Waals surface area (Å²) in [5.74, 6) is 0. The molecule has 1 aliphatic rings. The number of nitrogens with one attached hydrogen (secondary N) is 1. The van der Waals surface area contributed by atoms with Crippen molar-refractivity contribution in [2.45, 2.75) is 43.8 Å². The summed E-state index contributed by atoms with van der Waals surface area (Å²) in [5, 5.41) is 29.6. The Labute approximate surface area is 138 Å². The van der Waals surface area contributed by atoms with Gasteiger partial charge in [-0.15, -0.1) is 6.58 Å². The zero-order chi connectivity index (χ0) is 18.1. The number of nitrogens with zero attached hydrogens (tertiary/aromatic N) is 1. The lowest BCUT2D eigenvalue weighted by Gasteiger charge is -2.32. The van der Waals surface area contributed by atoms with Gasteiger partial charge in [0, 0.05) is 18.3 Å². The van der Waals surface area contributed by atoms with Crippen LogP contribution in [0.4, 0.5) is 0 Å². The molecule has 24 heavy (non-hydrogen) atoms. The standard InChI is InChI=1S/C15H23N3O6/c1-8(2)3-4-9-5-18(14(23)17-13(9)22)15(7-16)12(21)11(20)10(6-19)24-15/h5,10-12,19-21H,1,3-4,6-7,16H2,2H3,(H,17,22,23)/t10-,11-,12-,15-/m1/s1. The average Bonchev–Trinajstić information content (AvgIpc) is 2.79. The van der Waals surface area contributed by atoms with Crippen molar-refractivity contribution in [1.29, 1.82) is 0 Å². The number of aliphatic hydroxyl groups excluding tert-OH is 3. The van der Waals surface area contributed by atoms with Crippen molar-refractivity contribution in [1.82, 2.24) is 9.55 Å². The molecule has 1 fully saturated rings. The SMILES string of the molecule is C=C(C)CCc1cn([C@]2(CN)O[C@H](CO)[C@@H](O)[C@H]2O)c(=O)[nH]c1=O. The maximum Gasteiger partial charge on any atom is 0.330 e. The fourth-order valence-electron chi connectivity index (χ4n) is 2.80. The second kappa shape index (κ2) is 6.99. The van der Waals surface area contributed by atoms with E-state index in [9.17, 15) is 24.9 Å². The minimum absolute atomic E-state index is 0.295. The second-order valence-corrected chi connectivity index (χ2v) is 6.06. The predicted molar refractivity (Wildman–Crippen MR) is 85.5 cm³/mol. The van der Waals surface area contributed by atoms with Crippen LogP contribution in [-0.4, -0.2) is 56.3 Å². The number of H-pyrrole nitrogens is 1. The zero-order valence-corrected chi connectivity index (χ0v) is 13.4. The number of hydrogen-bond donors (Lipinski definition) is 5. The van der Waals surface area contributed by atoms with Crippen LogP contribution in [0.1, 0.15) is 18.9 Å². The molecule has 2 heterocycles. The molecule has 9 nitrogen and oxygen atoms in total. The van der Waals surface area contributed by atoms with Crippen molar-refractivity contribution in [2.24, 2.45) is 5.73 Å². The van der Waals surface area contributed by atoms with Crippen LogP contribution in [0.3, 0.4) is 0 Å². The highest BCUT2D eigenvalue weighted by Gasteiger charge is 2.55. The lowest BCUT2D eigenvalue weighted by atomic mass is 10.0. The van der Waals surface area contributed by atoms with Gasteiger partial charge in [0.1, 0.15) is 18.3 Å².